The minimum atomic E-state index is -4.20. The summed E-state index contributed by atoms with van der Waals surface area (Å²) in [5, 5.41) is 2.93. The van der Waals surface area contributed by atoms with Crippen LogP contribution in [0.3, 0.4) is 0 Å². The summed E-state index contributed by atoms with van der Waals surface area (Å²) in [5.74, 6) is -1.37. The van der Waals surface area contributed by atoms with E-state index in [2.05, 4.69) is 5.32 Å². The highest BCUT2D eigenvalue weighted by Crippen LogP contribution is 2.29. The van der Waals surface area contributed by atoms with E-state index in [4.69, 9.17) is 0 Å². The minimum Gasteiger partial charge on any atom is -0.352 e. The van der Waals surface area contributed by atoms with Crippen molar-refractivity contribution in [2.75, 3.05) is 10.8 Å². The number of anilines is 1. The molecule has 0 saturated heterocycles. The summed E-state index contributed by atoms with van der Waals surface area (Å²) in [7, 11) is -4.20. The van der Waals surface area contributed by atoms with Crippen molar-refractivity contribution in [1.82, 2.24) is 10.2 Å². The first-order chi connectivity index (χ1) is 21.5. The Morgan fingerprint density at radius 2 is 1.44 bits per heavy atom. The molecule has 4 aromatic carbocycles. The van der Waals surface area contributed by atoms with Crippen molar-refractivity contribution in [2.24, 2.45) is 0 Å². The minimum absolute atomic E-state index is 0.0318. The van der Waals surface area contributed by atoms with Gasteiger partial charge in [-0.15, -0.1) is 0 Å². The van der Waals surface area contributed by atoms with Crippen LogP contribution in [-0.2, 0) is 39.0 Å². The van der Waals surface area contributed by atoms with E-state index < -0.39 is 34.3 Å². The van der Waals surface area contributed by atoms with Gasteiger partial charge in [-0.1, -0.05) is 85.3 Å². The average molecular weight is 630 g/mol. The number of carbonyl (C=O) groups is 2. The number of halogens is 1. The highest BCUT2D eigenvalue weighted by Gasteiger charge is 2.35. The van der Waals surface area contributed by atoms with E-state index in [1.54, 1.807) is 36.4 Å². The molecule has 0 aliphatic carbocycles. The molecule has 4 rings (SSSR count). The predicted octanol–water partition coefficient (Wildman–Crippen LogP) is 6.06. The summed E-state index contributed by atoms with van der Waals surface area (Å²) in [6.07, 6.45) is 0.736. The molecule has 236 valence electrons. The lowest BCUT2D eigenvalue weighted by atomic mass is 10.0. The monoisotopic (exact) mass is 629 g/mol. The van der Waals surface area contributed by atoms with Crippen LogP contribution in [0.5, 0.6) is 0 Å². The predicted molar refractivity (Wildman–Crippen MR) is 176 cm³/mol. The molecule has 1 atom stereocenters. The maximum atomic E-state index is 14.5. The number of aryl methyl sites for hydroxylation is 2. The summed E-state index contributed by atoms with van der Waals surface area (Å²) in [6, 6.07) is 27.4. The quantitative estimate of drug-likeness (QED) is 0.195. The van der Waals surface area contributed by atoms with Gasteiger partial charge in [0, 0.05) is 19.0 Å². The zero-order valence-corrected chi connectivity index (χ0v) is 26.9. The Balaban J connectivity index is 1.83. The van der Waals surface area contributed by atoms with E-state index in [9.17, 15) is 22.4 Å². The first kappa shape index (κ1) is 33.4. The second-order valence-electron chi connectivity index (χ2n) is 11.3. The summed E-state index contributed by atoms with van der Waals surface area (Å²) in [4.78, 5) is 29.7. The average Bonchev–Trinajstić information content (AvgIpc) is 3.02. The molecule has 0 aliphatic heterocycles. The standard InChI is InChI=1S/C36H40FN3O4S/c1-5-30-13-9-10-14-33(30)40(45(43,44)32-21-15-27(4)16-22-32)25-35(41)39(24-29-17-19-31(37)20-18-29)34(36(42)38-26(2)3)23-28-11-7-6-8-12-28/h6-22,26,34H,5,23-25H2,1-4H3,(H,38,42)/t34-/m0/s1. The Labute approximate surface area is 265 Å². The number of amides is 2. The Hall–Kier alpha value is -4.50. The number of hydrogen-bond acceptors (Lipinski definition) is 4. The summed E-state index contributed by atoms with van der Waals surface area (Å²) in [6.45, 7) is 6.88. The largest absolute Gasteiger partial charge is 0.352 e. The molecule has 7 nitrogen and oxygen atoms in total. The number of nitrogens with zero attached hydrogens (tertiary/aromatic N) is 2. The molecule has 0 radical (unpaired) electrons. The Morgan fingerprint density at radius 1 is 0.822 bits per heavy atom. The number of benzene rings is 4. The highest BCUT2D eigenvalue weighted by atomic mass is 32.2. The molecule has 0 fully saturated rings. The number of nitrogens with one attached hydrogen (secondary N) is 1. The van der Waals surface area contributed by atoms with Gasteiger partial charge in [0.25, 0.3) is 10.0 Å². The number of hydrogen-bond donors (Lipinski definition) is 1. The first-order valence-electron chi connectivity index (χ1n) is 15.0. The normalized spacial score (nSPS) is 12.0. The highest BCUT2D eigenvalue weighted by molar-refractivity contribution is 7.92. The molecule has 0 saturated carbocycles. The van der Waals surface area contributed by atoms with Crippen LogP contribution >= 0.6 is 0 Å². The van der Waals surface area contributed by atoms with Crippen LogP contribution in [0.15, 0.2) is 108 Å². The van der Waals surface area contributed by atoms with Gasteiger partial charge < -0.3 is 10.2 Å². The molecule has 0 aromatic heterocycles. The van der Waals surface area contributed by atoms with E-state index in [0.29, 0.717) is 17.7 Å². The summed E-state index contributed by atoms with van der Waals surface area (Å²) in [5.41, 5.74) is 3.48. The topological polar surface area (TPSA) is 86.8 Å². The van der Waals surface area contributed by atoms with Crippen molar-refractivity contribution < 1.29 is 22.4 Å². The number of carbonyl (C=O) groups excluding carboxylic acids is 2. The molecule has 45 heavy (non-hydrogen) atoms. The van der Waals surface area contributed by atoms with Crippen molar-refractivity contribution >= 4 is 27.5 Å². The molecule has 4 aromatic rings. The maximum Gasteiger partial charge on any atom is 0.264 e. The molecule has 9 heteroatoms. The Kier molecular flexibility index (Phi) is 11.1. The van der Waals surface area contributed by atoms with Crippen LogP contribution in [0.4, 0.5) is 10.1 Å². The fraction of sp³-hybridized carbons (Fsp3) is 0.278. The molecular formula is C36H40FN3O4S. The van der Waals surface area contributed by atoms with Crippen molar-refractivity contribution in [2.45, 2.75) is 64.1 Å². The lowest BCUT2D eigenvalue weighted by Gasteiger charge is -2.34. The zero-order chi connectivity index (χ0) is 32.6. The van der Waals surface area contributed by atoms with Crippen LogP contribution in [0, 0.1) is 12.7 Å². The van der Waals surface area contributed by atoms with Gasteiger partial charge in [0.05, 0.1) is 10.6 Å². The van der Waals surface area contributed by atoms with Crippen LogP contribution in [0.1, 0.15) is 43.0 Å². The van der Waals surface area contributed by atoms with Crippen LogP contribution in [0.25, 0.3) is 0 Å². The number of sulfonamides is 1. The van der Waals surface area contributed by atoms with Gasteiger partial charge in [0.1, 0.15) is 18.4 Å². The third-order valence-corrected chi connectivity index (χ3v) is 9.27. The van der Waals surface area contributed by atoms with E-state index >= 15 is 0 Å². The third kappa shape index (κ3) is 8.57. The van der Waals surface area contributed by atoms with Gasteiger partial charge in [0.2, 0.25) is 11.8 Å². The van der Waals surface area contributed by atoms with E-state index in [1.807, 2.05) is 70.2 Å². The van der Waals surface area contributed by atoms with Crippen molar-refractivity contribution in [3.05, 3.63) is 131 Å². The van der Waals surface area contributed by atoms with Crippen molar-refractivity contribution in [3.63, 3.8) is 0 Å². The van der Waals surface area contributed by atoms with Gasteiger partial charge in [-0.2, -0.15) is 0 Å². The lowest BCUT2D eigenvalue weighted by Crippen LogP contribution is -2.54. The summed E-state index contributed by atoms with van der Waals surface area (Å²) < 4.78 is 43.4. The SMILES string of the molecule is CCc1ccccc1N(CC(=O)N(Cc1ccc(F)cc1)[C@@H](Cc1ccccc1)C(=O)NC(C)C)S(=O)(=O)c1ccc(C)cc1. The van der Waals surface area contributed by atoms with Gasteiger partial charge in [-0.25, -0.2) is 12.8 Å². The molecule has 0 aliphatic rings. The fourth-order valence-corrected chi connectivity index (χ4v) is 6.58. The molecule has 0 bridgehead atoms. The van der Waals surface area contributed by atoms with Crippen LogP contribution < -0.4 is 9.62 Å². The Morgan fingerprint density at radius 3 is 2.07 bits per heavy atom. The van der Waals surface area contributed by atoms with E-state index in [0.717, 1.165) is 21.0 Å². The second kappa shape index (κ2) is 15.0. The lowest BCUT2D eigenvalue weighted by molar-refractivity contribution is -0.140. The molecule has 0 heterocycles. The zero-order valence-electron chi connectivity index (χ0n) is 26.1. The third-order valence-electron chi connectivity index (χ3n) is 7.50. The maximum absolute atomic E-state index is 14.5. The summed E-state index contributed by atoms with van der Waals surface area (Å²) >= 11 is 0. The van der Waals surface area contributed by atoms with Gasteiger partial charge in [0.15, 0.2) is 0 Å². The number of rotatable bonds is 13. The smallest absolute Gasteiger partial charge is 0.264 e. The van der Waals surface area contributed by atoms with Crippen molar-refractivity contribution in [3.8, 4) is 0 Å². The van der Waals surface area contributed by atoms with Gasteiger partial charge in [-0.3, -0.25) is 13.9 Å². The molecule has 0 unspecified atom stereocenters. The second-order valence-corrected chi connectivity index (χ2v) is 13.2. The molecule has 0 spiro atoms. The van der Waals surface area contributed by atoms with Gasteiger partial charge in [-0.05, 0) is 74.2 Å². The molecule has 2 amide bonds. The van der Waals surface area contributed by atoms with Crippen LogP contribution in [-0.4, -0.2) is 43.8 Å². The van der Waals surface area contributed by atoms with E-state index in [1.165, 1.54) is 29.2 Å². The Bertz CT molecular complexity index is 1690. The van der Waals surface area contributed by atoms with E-state index in [-0.39, 0.29) is 29.8 Å². The van der Waals surface area contributed by atoms with Gasteiger partial charge >= 0.3 is 0 Å². The van der Waals surface area contributed by atoms with Crippen LogP contribution in [0.2, 0.25) is 0 Å². The van der Waals surface area contributed by atoms with Crippen molar-refractivity contribution in [1.29, 1.82) is 0 Å². The first-order valence-corrected chi connectivity index (χ1v) is 16.5. The fourth-order valence-electron chi connectivity index (χ4n) is 5.13. The molecule has 1 N–H and O–H groups in total. The number of para-hydroxylation sites is 1. The molecular weight excluding hydrogens is 589 g/mol.